The lowest BCUT2D eigenvalue weighted by atomic mass is 10.1. The van der Waals surface area contributed by atoms with Gasteiger partial charge in [-0.1, -0.05) is 17.7 Å². The van der Waals surface area contributed by atoms with Crippen molar-refractivity contribution in [2.75, 3.05) is 5.32 Å². The highest BCUT2D eigenvalue weighted by Gasteiger charge is 2.21. The first-order chi connectivity index (χ1) is 9.88. The average molecular weight is 325 g/mol. The van der Waals surface area contributed by atoms with Gasteiger partial charge in [0, 0.05) is 16.1 Å². The fourth-order valence-electron chi connectivity index (χ4n) is 1.67. The zero-order valence-electron chi connectivity index (χ0n) is 11.4. The van der Waals surface area contributed by atoms with E-state index in [1.54, 1.807) is 19.1 Å². The second kappa shape index (κ2) is 6.24. The minimum Gasteiger partial charge on any atom is -0.476 e. The fourth-order valence-corrected chi connectivity index (χ4v) is 2.69. The molecular formula is C14H13ClN2O3S. The van der Waals surface area contributed by atoms with Crippen LogP contribution in [-0.2, 0) is 4.79 Å². The topological polar surface area (TPSA) is 79.3 Å². The fraction of sp³-hybridized carbons (Fsp3) is 0.214. The monoisotopic (exact) mass is 324 g/mol. The minimum absolute atomic E-state index is 0.0476. The molecule has 7 heteroatoms. The molecule has 1 heterocycles. The van der Waals surface area contributed by atoms with Gasteiger partial charge < -0.3 is 10.4 Å². The minimum atomic E-state index is -1.10. The van der Waals surface area contributed by atoms with Crippen LogP contribution in [0.4, 0.5) is 5.69 Å². The summed E-state index contributed by atoms with van der Waals surface area (Å²) in [6, 6.07) is 5.23. The number of hydrogen-bond acceptors (Lipinski definition) is 4. The summed E-state index contributed by atoms with van der Waals surface area (Å²) in [6.45, 7) is 3.54. The Kier molecular flexibility index (Phi) is 4.59. The molecule has 0 saturated carbocycles. The smallest absolute Gasteiger partial charge is 0.355 e. The van der Waals surface area contributed by atoms with Crippen LogP contribution in [0.1, 0.15) is 33.9 Å². The Morgan fingerprint density at radius 2 is 2.14 bits per heavy atom. The quantitative estimate of drug-likeness (QED) is 0.901. The van der Waals surface area contributed by atoms with Gasteiger partial charge in [0.2, 0.25) is 5.91 Å². The summed E-state index contributed by atoms with van der Waals surface area (Å²) >= 11 is 7.06. The third-order valence-corrected chi connectivity index (χ3v) is 4.22. The van der Waals surface area contributed by atoms with Gasteiger partial charge in [0.05, 0.1) is 5.92 Å². The standard InChI is InChI=1S/C14H13ClN2O3S/c1-7-3-4-9(15)5-10(7)16-12(18)8(2)13-17-11(6-21-13)14(19)20/h3-6,8H,1-2H3,(H,16,18)(H,19,20). The molecule has 0 saturated heterocycles. The van der Waals surface area contributed by atoms with Gasteiger partial charge in [-0.15, -0.1) is 11.3 Å². The van der Waals surface area contributed by atoms with Gasteiger partial charge in [-0.2, -0.15) is 0 Å². The van der Waals surface area contributed by atoms with E-state index < -0.39 is 11.9 Å². The second-order valence-corrected chi connectivity index (χ2v) is 5.87. The first-order valence-electron chi connectivity index (χ1n) is 6.14. The lowest BCUT2D eigenvalue weighted by molar-refractivity contribution is -0.117. The van der Waals surface area contributed by atoms with Crippen LogP contribution in [0, 0.1) is 6.92 Å². The molecule has 1 aromatic carbocycles. The Bertz CT molecular complexity index is 699. The molecular weight excluding hydrogens is 312 g/mol. The van der Waals surface area contributed by atoms with E-state index in [0.717, 1.165) is 16.9 Å². The van der Waals surface area contributed by atoms with Gasteiger partial charge in [0.15, 0.2) is 5.69 Å². The molecule has 0 bridgehead atoms. The van der Waals surface area contributed by atoms with Crippen LogP contribution >= 0.6 is 22.9 Å². The van der Waals surface area contributed by atoms with Crippen molar-refractivity contribution in [3.05, 3.63) is 44.9 Å². The summed E-state index contributed by atoms with van der Waals surface area (Å²) in [5.74, 6) is -1.90. The van der Waals surface area contributed by atoms with Crippen molar-refractivity contribution in [1.29, 1.82) is 0 Å². The highest BCUT2D eigenvalue weighted by molar-refractivity contribution is 7.10. The number of benzene rings is 1. The Balaban J connectivity index is 2.15. The lowest BCUT2D eigenvalue weighted by Crippen LogP contribution is -2.19. The number of carboxylic acids is 1. The van der Waals surface area contributed by atoms with Gasteiger partial charge >= 0.3 is 5.97 Å². The van der Waals surface area contributed by atoms with Crippen molar-refractivity contribution in [3.8, 4) is 0 Å². The van der Waals surface area contributed by atoms with Crippen molar-refractivity contribution < 1.29 is 14.7 Å². The van der Waals surface area contributed by atoms with Crippen LogP contribution in [0.15, 0.2) is 23.6 Å². The second-order valence-electron chi connectivity index (χ2n) is 4.55. The van der Waals surface area contributed by atoms with Gasteiger partial charge in [-0.05, 0) is 31.5 Å². The summed E-state index contributed by atoms with van der Waals surface area (Å²) in [4.78, 5) is 27.0. The molecule has 1 amide bonds. The predicted octanol–water partition coefficient (Wildman–Crippen LogP) is 3.55. The molecule has 5 nitrogen and oxygen atoms in total. The maximum absolute atomic E-state index is 12.2. The van der Waals surface area contributed by atoms with E-state index in [4.69, 9.17) is 16.7 Å². The number of halogens is 1. The lowest BCUT2D eigenvalue weighted by Gasteiger charge is -2.12. The molecule has 0 fully saturated rings. The number of aryl methyl sites for hydroxylation is 1. The molecule has 0 radical (unpaired) electrons. The van der Waals surface area contributed by atoms with Crippen LogP contribution in [0.25, 0.3) is 0 Å². The molecule has 21 heavy (non-hydrogen) atoms. The molecule has 2 N–H and O–H groups in total. The predicted molar refractivity (Wildman–Crippen MR) is 82.3 cm³/mol. The number of carboxylic acid groups (broad SMARTS) is 1. The van der Waals surface area contributed by atoms with Crippen molar-refractivity contribution in [2.24, 2.45) is 0 Å². The number of nitrogens with zero attached hydrogens (tertiary/aromatic N) is 1. The normalized spacial score (nSPS) is 12.0. The van der Waals surface area contributed by atoms with Crippen LogP contribution in [0.5, 0.6) is 0 Å². The SMILES string of the molecule is Cc1ccc(Cl)cc1NC(=O)C(C)c1nc(C(=O)O)cs1. The summed E-state index contributed by atoms with van der Waals surface area (Å²) in [6.07, 6.45) is 0. The average Bonchev–Trinajstić information content (AvgIpc) is 2.91. The van der Waals surface area contributed by atoms with Gasteiger partial charge in [-0.3, -0.25) is 4.79 Å². The molecule has 0 spiro atoms. The molecule has 1 unspecified atom stereocenters. The van der Waals surface area contributed by atoms with Crippen molar-refractivity contribution in [3.63, 3.8) is 0 Å². The highest BCUT2D eigenvalue weighted by Crippen LogP contribution is 2.24. The third kappa shape index (κ3) is 3.59. The number of aromatic nitrogens is 1. The number of rotatable bonds is 4. The van der Waals surface area contributed by atoms with Crippen molar-refractivity contribution in [2.45, 2.75) is 19.8 Å². The van der Waals surface area contributed by atoms with Crippen LogP contribution < -0.4 is 5.32 Å². The number of carbonyl (C=O) groups is 2. The zero-order chi connectivity index (χ0) is 15.6. The van der Waals surface area contributed by atoms with Crippen molar-refractivity contribution >= 4 is 40.5 Å². The van der Waals surface area contributed by atoms with E-state index >= 15 is 0 Å². The summed E-state index contributed by atoms with van der Waals surface area (Å²) in [7, 11) is 0. The molecule has 0 aliphatic carbocycles. The third-order valence-electron chi connectivity index (χ3n) is 2.96. The molecule has 0 aliphatic rings. The molecule has 110 valence electrons. The summed E-state index contributed by atoms with van der Waals surface area (Å²) < 4.78 is 0. The molecule has 0 aliphatic heterocycles. The molecule has 1 aromatic heterocycles. The number of thiazole rings is 1. The molecule has 2 rings (SSSR count). The van der Waals surface area contributed by atoms with Crippen LogP contribution in [0.3, 0.4) is 0 Å². The highest BCUT2D eigenvalue weighted by atomic mass is 35.5. The van der Waals surface area contributed by atoms with Crippen molar-refractivity contribution in [1.82, 2.24) is 4.98 Å². The largest absolute Gasteiger partial charge is 0.476 e. The van der Waals surface area contributed by atoms with Gasteiger partial charge in [-0.25, -0.2) is 9.78 Å². The maximum Gasteiger partial charge on any atom is 0.355 e. The van der Waals surface area contributed by atoms with E-state index in [0.29, 0.717) is 15.7 Å². The van der Waals surface area contributed by atoms with E-state index in [2.05, 4.69) is 10.3 Å². The Morgan fingerprint density at radius 1 is 1.43 bits per heavy atom. The number of anilines is 1. The molecule has 1 atom stereocenters. The zero-order valence-corrected chi connectivity index (χ0v) is 13.0. The first-order valence-corrected chi connectivity index (χ1v) is 7.40. The summed E-state index contributed by atoms with van der Waals surface area (Å²) in [5, 5.41) is 14.1. The van der Waals surface area contributed by atoms with Crippen LogP contribution in [0.2, 0.25) is 5.02 Å². The van der Waals surface area contributed by atoms with E-state index in [9.17, 15) is 9.59 Å². The number of hydrogen-bond donors (Lipinski definition) is 2. The van der Waals surface area contributed by atoms with E-state index in [-0.39, 0.29) is 11.6 Å². The van der Waals surface area contributed by atoms with Gasteiger partial charge in [0.1, 0.15) is 5.01 Å². The molecule has 2 aromatic rings. The number of aromatic carboxylic acids is 1. The number of amides is 1. The Hall–Kier alpha value is -1.92. The number of carbonyl (C=O) groups excluding carboxylic acids is 1. The maximum atomic E-state index is 12.2. The van der Waals surface area contributed by atoms with E-state index in [1.807, 2.05) is 13.0 Å². The van der Waals surface area contributed by atoms with Crippen LogP contribution in [-0.4, -0.2) is 22.0 Å². The number of nitrogens with one attached hydrogen (secondary N) is 1. The Labute approximate surface area is 130 Å². The first kappa shape index (κ1) is 15.5. The van der Waals surface area contributed by atoms with Gasteiger partial charge in [0.25, 0.3) is 0 Å². The van der Waals surface area contributed by atoms with E-state index in [1.165, 1.54) is 5.38 Å². The Morgan fingerprint density at radius 3 is 2.76 bits per heavy atom. The summed E-state index contributed by atoms with van der Waals surface area (Å²) in [5.41, 5.74) is 1.48.